The van der Waals surface area contributed by atoms with Crippen LogP contribution in [0.15, 0.2) is 30.3 Å². The second-order valence-electron chi connectivity index (χ2n) is 6.74. The van der Waals surface area contributed by atoms with Gasteiger partial charge in [0.1, 0.15) is 5.82 Å². The molecule has 0 spiro atoms. The fraction of sp³-hybridized carbons (Fsp3) is 0.316. The third-order valence-electron chi connectivity index (χ3n) is 4.49. The molecular weight excluding hydrogens is 340 g/mol. The molecule has 1 aliphatic carbocycles. The van der Waals surface area contributed by atoms with Crippen molar-refractivity contribution in [3.05, 3.63) is 53.0 Å². The maximum absolute atomic E-state index is 8.91. The Morgan fingerprint density at radius 1 is 1.15 bits per heavy atom. The molecule has 8 heteroatoms. The average molecular weight is 360 g/mol. The highest BCUT2D eigenvalue weighted by atomic mass is 15.3. The smallest absolute Gasteiger partial charge is 0.233 e. The summed E-state index contributed by atoms with van der Waals surface area (Å²) in [7, 11) is 0. The Balaban J connectivity index is 1.48. The second kappa shape index (κ2) is 7.03. The van der Waals surface area contributed by atoms with Crippen LogP contribution in [0.1, 0.15) is 54.4 Å². The maximum Gasteiger partial charge on any atom is 0.233 e. The lowest BCUT2D eigenvalue weighted by Gasteiger charge is -2.15. The zero-order valence-corrected chi connectivity index (χ0v) is 15.2. The molecule has 27 heavy (non-hydrogen) atoms. The number of hydrogen-bond donors (Lipinski definition) is 3. The number of anilines is 3. The van der Waals surface area contributed by atoms with Gasteiger partial charge in [-0.05, 0) is 44.4 Å². The van der Waals surface area contributed by atoms with Crippen LogP contribution in [0.2, 0.25) is 0 Å². The third kappa shape index (κ3) is 4.03. The predicted octanol–water partition coefficient (Wildman–Crippen LogP) is 3.57. The van der Waals surface area contributed by atoms with Gasteiger partial charge in [0.05, 0.1) is 17.7 Å². The van der Waals surface area contributed by atoms with E-state index in [0.717, 1.165) is 11.3 Å². The molecule has 1 atom stereocenters. The van der Waals surface area contributed by atoms with E-state index in [1.807, 2.05) is 32.0 Å². The quantitative estimate of drug-likeness (QED) is 0.615. The summed E-state index contributed by atoms with van der Waals surface area (Å²) in [5.41, 5.74) is 2.83. The minimum atomic E-state index is -0.0146. The summed E-state index contributed by atoms with van der Waals surface area (Å²) in [4.78, 5) is 13.1. The third-order valence-corrected chi connectivity index (χ3v) is 4.49. The normalized spacial score (nSPS) is 14.4. The molecule has 8 nitrogen and oxygen atoms in total. The number of aromatic amines is 1. The fourth-order valence-corrected chi connectivity index (χ4v) is 2.84. The van der Waals surface area contributed by atoms with Crippen LogP contribution in [-0.2, 0) is 0 Å². The number of hydrogen-bond acceptors (Lipinski definition) is 7. The van der Waals surface area contributed by atoms with Crippen LogP contribution in [0.5, 0.6) is 0 Å². The number of aromatic nitrogens is 5. The van der Waals surface area contributed by atoms with Crippen molar-refractivity contribution < 1.29 is 0 Å². The molecule has 1 aromatic carbocycles. The van der Waals surface area contributed by atoms with Crippen molar-refractivity contribution in [1.82, 2.24) is 25.1 Å². The summed E-state index contributed by atoms with van der Waals surface area (Å²) >= 11 is 0. The van der Waals surface area contributed by atoms with E-state index < -0.39 is 0 Å². The number of aryl methyl sites for hydroxylation is 1. The molecule has 4 rings (SSSR count). The highest BCUT2D eigenvalue weighted by molar-refractivity contribution is 5.50. The second-order valence-corrected chi connectivity index (χ2v) is 6.74. The van der Waals surface area contributed by atoms with Crippen LogP contribution in [0.3, 0.4) is 0 Å². The topological polar surface area (TPSA) is 115 Å². The van der Waals surface area contributed by atoms with Crippen LogP contribution in [-0.4, -0.2) is 25.1 Å². The Morgan fingerprint density at radius 3 is 2.59 bits per heavy atom. The lowest BCUT2D eigenvalue weighted by molar-refractivity contribution is 0.846. The standard InChI is InChI=1S/C19H20N8/c1-11(14-5-3-13(10-20)4-6-14)21-18-22-12(2)23-19(25-18)24-17-9-16(26-27-17)15-7-8-15/h3-6,9,11,15H,7-8H2,1-2H3,(H3,21,22,23,24,25,26,27). The molecule has 2 aromatic heterocycles. The number of benzene rings is 1. The van der Waals surface area contributed by atoms with Crippen LogP contribution in [0, 0.1) is 18.3 Å². The molecule has 3 aromatic rings. The Morgan fingerprint density at radius 2 is 1.89 bits per heavy atom. The van der Waals surface area contributed by atoms with Gasteiger partial charge in [0, 0.05) is 17.7 Å². The molecule has 1 aliphatic rings. The first kappa shape index (κ1) is 17.0. The Labute approximate surface area is 157 Å². The molecule has 3 N–H and O–H groups in total. The Bertz CT molecular complexity index is 982. The fourth-order valence-electron chi connectivity index (χ4n) is 2.84. The summed E-state index contributed by atoms with van der Waals surface area (Å²) in [6.07, 6.45) is 2.43. The Hall–Kier alpha value is -3.47. The Kier molecular flexibility index (Phi) is 4.42. The van der Waals surface area contributed by atoms with Crippen molar-refractivity contribution in [2.24, 2.45) is 0 Å². The highest BCUT2D eigenvalue weighted by Gasteiger charge is 2.25. The summed E-state index contributed by atoms with van der Waals surface area (Å²) in [5, 5.41) is 22.7. The first-order chi connectivity index (χ1) is 13.1. The van der Waals surface area contributed by atoms with E-state index in [4.69, 9.17) is 5.26 Å². The maximum atomic E-state index is 8.91. The van der Waals surface area contributed by atoms with Gasteiger partial charge in [-0.1, -0.05) is 12.1 Å². The van der Waals surface area contributed by atoms with E-state index in [1.165, 1.54) is 12.8 Å². The molecule has 0 radical (unpaired) electrons. The van der Waals surface area contributed by atoms with Crippen LogP contribution >= 0.6 is 0 Å². The van der Waals surface area contributed by atoms with E-state index in [1.54, 1.807) is 12.1 Å². The van der Waals surface area contributed by atoms with Crippen molar-refractivity contribution in [3.63, 3.8) is 0 Å². The van der Waals surface area contributed by atoms with Crippen molar-refractivity contribution in [2.75, 3.05) is 10.6 Å². The number of H-pyrrole nitrogens is 1. The van der Waals surface area contributed by atoms with Crippen molar-refractivity contribution in [2.45, 2.75) is 38.6 Å². The minimum Gasteiger partial charge on any atom is -0.348 e. The number of nitriles is 1. The van der Waals surface area contributed by atoms with Gasteiger partial charge in [0.2, 0.25) is 11.9 Å². The zero-order valence-electron chi connectivity index (χ0n) is 15.2. The molecule has 0 saturated heterocycles. The molecule has 1 unspecified atom stereocenters. The van der Waals surface area contributed by atoms with Gasteiger partial charge in [0.15, 0.2) is 5.82 Å². The molecule has 0 amide bonds. The minimum absolute atomic E-state index is 0.0146. The lowest BCUT2D eigenvalue weighted by atomic mass is 10.1. The summed E-state index contributed by atoms with van der Waals surface area (Å²) in [6, 6.07) is 11.6. The van der Waals surface area contributed by atoms with Gasteiger partial charge >= 0.3 is 0 Å². The van der Waals surface area contributed by atoms with E-state index in [-0.39, 0.29) is 6.04 Å². The van der Waals surface area contributed by atoms with Gasteiger partial charge in [-0.2, -0.15) is 25.3 Å². The lowest BCUT2D eigenvalue weighted by Crippen LogP contribution is -2.12. The number of rotatable bonds is 6. The van der Waals surface area contributed by atoms with Gasteiger partial charge in [-0.15, -0.1) is 0 Å². The summed E-state index contributed by atoms with van der Waals surface area (Å²) < 4.78 is 0. The SMILES string of the molecule is Cc1nc(Nc2cc(C3CC3)[nH]n2)nc(NC(C)c2ccc(C#N)cc2)n1. The predicted molar refractivity (Wildman–Crippen MR) is 102 cm³/mol. The monoisotopic (exact) mass is 360 g/mol. The van der Waals surface area contributed by atoms with Crippen LogP contribution in [0.4, 0.5) is 17.7 Å². The van der Waals surface area contributed by atoms with Crippen molar-refractivity contribution in [3.8, 4) is 6.07 Å². The van der Waals surface area contributed by atoms with Gasteiger partial charge in [-0.25, -0.2) is 0 Å². The van der Waals surface area contributed by atoms with Crippen molar-refractivity contribution in [1.29, 1.82) is 5.26 Å². The first-order valence-electron chi connectivity index (χ1n) is 8.92. The van der Waals surface area contributed by atoms with Gasteiger partial charge in [-0.3, -0.25) is 5.10 Å². The largest absolute Gasteiger partial charge is 0.348 e. The van der Waals surface area contributed by atoms with E-state index in [0.29, 0.717) is 35.0 Å². The molecule has 0 bridgehead atoms. The van der Waals surface area contributed by atoms with Crippen molar-refractivity contribution >= 4 is 17.7 Å². The van der Waals surface area contributed by atoms with Gasteiger partial charge < -0.3 is 10.6 Å². The molecular formula is C19H20N8. The summed E-state index contributed by atoms with van der Waals surface area (Å²) in [5.74, 6) is 2.86. The number of nitrogens with zero attached hydrogens (tertiary/aromatic N) is 5. The molecule has 0 aliphatic heterocycles. The number of nitrogens with one attached hydrogen (secondary N) is 3. The highest BCUT2D eigenvalue weighted by Crippen LogP contribution is 2.39. The van der Waals surface area contributed by atoms with E-state index in [2.05, 4.69) is 41.9 Å². The average Bonchev–Trinajstić information content (AvgIpc) is 3.41. The molecule has 1 saturated carbocycles. The van der Waals surface area contributed by atoms with Gasteiger partial charge in [0.25, 0.3) is 0 Å². The molecule has 1 fully saturated rings. The van der Waals surface area contributed by atoms with Crippen LogP contribution in [0.25, 0.3) is 0 Å². The van der Waals surface area contributed by atoms with Crippen LogP contribution < -0.4 is 10.6 Å². The molecule has 2 heterocycles. The van der Waals surface area contributed by atoms with E-state index in [9.17, 15) is 0 Å². The first-order valence-corrected chi connectivity index (χ1v) is 8.92. The van der Waals surface area contributed by atoms with E-state index >= 15 is 0 Å². The zero-order chi connectivity index (χ0) is 18.8. The molecule has 136 valence electrons. The summed E-state index contributed by atoms with van der Waals surface area (Å²) in [6.45, 7) is 3.84.